The minimum absolute atomic E-state index is 0.264. The minimum Gasteiger partial charge on any atom is -0.478 e. The lowest BCUT2D eigenvalue weighted by Crippen LogP contribution is -2.34. The molecule has 0 amide bonds. The number of carboxylic acids is 1. The van der Waals surface area contributed by atoms with Gasteiger partial charge in [0, 0.05) is 35.5 Å². The number of hydrogen-bond acceptors (Lipinski definition) is 5. The molecule has 1 unspecified atom stereocenters. The number of hydrogen-bond donors (Lipinski definition) is 1. The number of anilines is 1. The SMILES string of the molecule is CC1c2ccsc2CCN1c1ncc(/C=C/C(=O)O)cn1. The first-order chi connectivity index (χ1) is 10.1. The average molecular weight is 301 g/mol. The van der Waals surface area contributed by atoms with Crippen LogP contribution in [0.15, 0.2) is 29.9 Å². The molecule has 0 bridgehead atoms. The Morgan fingerprint density at radius 2 is 2.24 bits per heavy atom. The molecule has 1 aliphatic heterocycles. The lowest BCUT2D eigenvalue weighted by atomic mass is 10.0. The Morgan fingerprint density at radius 3 is 2.95 bits per heavy atom. The van der Waals surface area contributed by atoms with Gasteiger partial charge in [-0.1, -0.05) is 0 Å². The Hall–Kier alpha value is -2.21. The molecule has 0 spiro atoms. The van der Waals surface area contributed by atoms with E-state index in [1.165, 1.54) is 16.5 Å². The first-order valence-electron chi connectivity index (χ1n) is 6.71. The quantitative estimate of drug-likeness (QED) is 0.883. The highest BCUT2D eigenvalue weighted by molar-refractivity contribution is 7.10. The predicted octanol–water partition coefficient (Wildman–Crippen LogP) is 2.76. The smallest absolute Gasteiger partial charge is 0.328 e. The summed E-state index contributed by atoms with van der Waals surface area (Å²) in [4.78, 5) is 22.8. The van der Waals surface area contributed by atoms with E-state index in [2.05, 4.69) is 33.2 Å². The van der Waals surface area contributed by atoms with Crippen LogP contribution in [0.5, 0.6) is 0 Å². The summed E-state index contributed by atoms with van der Waals surface area (Å²) >= 11 is 1.81. The summed E-state index contributed by atoms with van der Waals surface area (Å²) in [5.74, 6) is -0.291. The molecule has 5 nitrogen and oxygen atoms in total. The summed E-state index contributed by atoms with van der Waals surface area (Å²) in [5, 5.41) is 10.7. The summed E-state index contributed by atoms with van der Waals surface area (Å²) in [6.07, 6.45) is 6.89. The fraction of sp³-hybridized carbons (Fsp3) is 0.267. The number of aliphatic carboxylic acids is 1. The Morgan fingerprint density at radius 1 is 1.48 bits per heavy atom. The molecule has 0 aliphatic carbocycles. The number of nitrogens with zero attached hydrogens (tertiary/aromatic N) is 3. The van der Waals surface area contributed by atoms with Gasteiger partial charge in [-0.3, -0.25) is 0 Å². The van der Waals surface area contributed by atoms with Crippen LogP contribution in [-0.2, 0) is 11.2 Å². The van der Waals surface area contributed by atoms with Crippen LogP contribution in [0.4, 0.5) is 5.95 Å². The summed E-state index contributed by atoms with van der Waals surface area (Å²) in [6, 6.07) is 2.43. The van der Waals surface area contributed by atoms with Crippen LogP contribution in [0.2, 0.25) is 0 Å². The van der Waals surface area contributed by atoms with E-state index >= 15 is 0 Å². The predicted molar refractivity (Wildman–Crippen MR) is 82.5 cm³/mol. The van der Waals surface area contributed by atoms with Crippen molar-refractivity contribution in [2.24, 2.45) is 0 Å². The maximum atomic E-state index is 10.5. The van der Waals surface area contributed by atoms with Gasteiger partial charge >= 0.3 is 5.97 Å². The monoisotopic (exact) mass is 301 g/mol. The molecule has 1 atom stereocenters. The third-order valence-corrected chi connectivity index (χ3v) is 4.61. The standard InChI is InChI=1S/C15H15N3O2S/c1-10-12-5-7-21-13(12)4-6-18(10)15-16-8-11(9-17-15)2-3-14(19)20/h2-3,5,7-10H,4,6H2,1H3,(H,19,20)/b3-2+. The molecular formula is C15H15N3O2S. The maximum absolute atomic E-state index is 10.5. The van der Waals surface area contributed by atoms with Crippen LogP contribution in [0, 0.1) is 0 Å². The summed E-state index contributed by atoms with van der Waals surface area (Å²) in [6.45, 7) is 3.06. The molecule has 3 heterocycles. The molecule has 0 fully saturated rings. The molecule has 6 heteroatoms. The van der Waals surface area contributed by atoms with Crippen LogP contribution in [-0.4, -0.2) is 27.6 Å². The second kappa shape index (κ2) is 5.65. The highest BCUT2D eigenvalue weighted by atomic mass is 32.1. The van der Waals surface area contributed by atoms with Gasteiger partial charge in [0.05, 0.1) is 6.04 Å². The van der Waals surface area contributed by atoms with Crippen molar-refractivity contribution in [1.82, 2.24) is 9.97 Å². The van der Waals surface area contributed by atoms with Crippen molar-refractivity contribution in [3.05, 3.63) is 45.9 Å². The molecule has 21 heavy (non-hydrogen) atoms. The molecule has 0 radical (unpaired) electrons. The zero-order valence-electron chi connectivity index (χ0n) is 11.6. The van der Waals surface area contributed by atoms with Crippen molar-refractivity contribution in [3.63, 3.8) is 0 Å². The minimum atomic E-state index is -0.978. The van der Waals surface area contributed by atoms with Crippen molar-refractivity contribution >= 4 is 29.3 Å². The van der Waals surface area contributed by atoms with E-state index in [1.807, 2.05) is 0 Å². The van der Waals surface area contributed by atoms with E-state index in [9.17, 15) is 4.79 Å². The highest BCUT2D eigenvalue weighted by Gasteiger charge is 2.26. The number of carboxylic acid groups (broad SMARTS) is 1. The third-order valence-electron chi connectivity index (χ3n) is 3.61. The van der Waals surface area contributed by atoms with E-state index in [0.29, 0.717) is 11.5 Å². The molecule has 2 aromatic heterocycles. The number of carbonyl (C=O) groups is 1. The van der Waals surface area contributed by atoms with Gasteiger partial charge in [-0.25, -0.2) is 14.8 Å². The molecule has 2 aromatic rings. The molecule has 0 saturated carbocycles. The average Bonchev–Trinajstić information content (AvgIpc) is 2.96. The van der Waals surface area contributed by atoms with Crippen molar-refractivity contribution in [3.8, 4) is 0 Å². The molecule has 1 aliphatic rings. The van der Waals surface area contributed by atoms with Gasteiger partial charge in [-0.15, -0.1) is 11.3 Å². The highest BCUT2D eigenvalue weighted by Crippen LogP contribution is 2.34. The topological polar surface area (TPSA) is 66.3 Å². The number of fused-ring (bicyclic) bond motifs is 1. The van der Waals surface area contributed by atoms with Gasteiger partial charge in [-0.05, 0) is 36.4 Å². The Balaban J connectivity index is 1.80. The Bertz CT molecular complexity index is 678. The maximum Gasteiger partial charge on any atom is 0.328 e. The number of thiophene rings is 1. The summed E-state index contributed by atoms with van der Waals surface area (Å²) in [5.41, 5.74) is 2.03. The molecule has 1 N–H and O–H groups in total. The van der Waals surface area contributed by atoms with Gasteiger partial charge in [0.1, 0.15) is 0 Å². The van der Waals surface area contributed by atoms with Crippen LogP contribution >= 0.6 is 11.3 Å². The fourth-order valence-corrected chi connectivity index (χ4v) is 3.48. The Labute approximate surface area is 126 Å². The van der Waals surface area contributed by atoms with E-state index in [-0.39, 0.29) is 6.04 Å². The molecule has 108 valence electrons. The first-order valence-corrected chi connectivity index (χ1v) is 7.59. The normalized spacial score (nSPS) is 18.0. The van der Waals surface area contributed by atoms with Gasteiger partial charge in [0.15, 0.2) is 0 Å². The summed E-state index contributed by atoms with van der Waals surface area (Å²) in [7, 11) is 0. The number of aromatic nitrogens is 2. The Kier molecular flexibility index (Phi) is 3.70. The first kappa shape index (κ1) is 13.8. The van der Waals surface area contributed by atoms with Crippen molar-refractivity contribution < 1.29 is 9.90 Å². The number of rotatable bonds is 3. The molecule has 3 rings (SSSR count). The zero-order valence-corrected chi connectivity index (χ0v) is 12.4. The second-order valence-electron chi connectivity index (χ2n) is 4.91. The van der Waals surface area contributed by atoms with Gasteiger partial charge in [0.2, 0.25) is 5.95 Å². The molecule has 0 saturated heterocycles. The van der Waals surface area contributed by atoms with Crippen LogP contribution in [0.25, 0.3) is 6.08 Å². The van der Waals surface area contributed by atoms with Crippen molar-refractivity contribution in [1.29, 1.82) is 0 Å². The molecular weight excluding hydrogens is 286 g/mol. The van der Waals surface area contributed by atoms with Crippen LogP contribution in [0.1, 0.15) is 29.0 Å². The van der Waals surface area contributed by atoms with Gasteiger partial charge in [-0.2, -0.15) is 0 Å². The zero-order chi connectivity index (χ0) is 14.8. The lowest BCUT2D eigenvalue weighted by Gasteiger charge is -2.33. The second-order valence-corrected chi connectivity index (χ2v) is 5.91. The van der Waals surface area contributed by atoms with Gasteiger partial charge < -0.3 is 10.0 Å². The third kappa shape index (κ3) is 2.80. The van der Waals surface area contributed by atoms with E-state index < -0.39 is 5.97 Å². The van der Waals surface area contributed by atoms with E-state index in [4.69, 9.17) is 5.11 Å². The largest absolute Gasteiger partial charge is 0.478 e. The van der Waals surface area contributed by atoms with Crippen LogP contribution < -0.4 is 4.90 Å². The van der Waals surface area contributed by atoms with Gasteiger partial charge in [0.25, 0.3) is 0 Å². The molecule has 0 aromatic carbocycles. The fourth-order valence-electron chi connectivity index (χ4n) is 2.52. The lowest BCUT2D eigenvalue weighted by molar-refractivity contribution is -0.131. The van der Waals surface area contributed by atoms with E-state index in [0.717, 1.165) is 19.0 Å². The van der Waals surface area contributed by atoms with E-state index in [1.54, 1.807) is 23.7 Å². The van der Waals surface area contributed by atoms with Crippen molar-refractivity contribution in [2.45, 2.75) is 19.4 Å². The summed E-state index contributed by atoms with van der Waals surface area (Å²) < 4.78 is 0. The van der Waals surface area contributed by atoms with Crippen molar-refractivity contribution in [2.75, 3.05) is 11.4 Å². The van der Waals surface area contributed by atoms with Crippen LogP contribution in [0.3, 0.4) is 0 Å².